The summed E-state index contributed by atoms with van der Waals surface area (Å²) >= 11 is 0. The number of carbonyl (C=O) groups is 2. The highest BCUT2D eigenvalue weighted by Crippen LogP contribution is 2.30. The fourth-order valence-corrected chi connectivity index (χ4v) is 6.03. The standard InChI is InChI=1S/C32H38N4O3/c1-21-9-7-13-27-29(21)34-30(33-27)25-12-8-16-35(20-25)28(37)19-26(36(31(38)39)32(2,3)4)18-22-14-15-23-10-5-6-11-24(23)17-22/h5-7,9-11,13-15,17,25-26H,8,12,16,18-20H2,1-4H3,(H,33,34)(H,38,39)/t25-,26-/m1/s1. The lowest BCUT2D eigenvalue weighted by molar-refractivity contribution is -0.134. The number of fused-ring (bicyclic) bond motifs is 2. The Hall–Kier alpha value is -3.87. The summed E-state index contributed by atoms with van der Waals surface area (Å²) in [5.74, 6) is 1.05. The van der Waals surface area contributed by atoms with Crippen molar-refractivity contribution in [1.82, 2.24) is 19.8 Å². The third kappa shape index (κ3) is 5.77. The molecule has 1 aliphatic heterocycles. The zero-order valence-corrected chi connectivity index (χ0v) is 23.3. The number of hydrogen-bond acceptors (Lipinski definition) is 3. The molecule has 0 aliphatic carbocycles. The highest BCUT2D eigenvalue weighted by Gasteiger charge is 2.36. The number of benzene rings is 3. The molecule has 1 aliphatic rings. The Bertz CT molecular complexity index is 1500. The molecule has 4 aromatic rings. The third-order valence-corrected chi connectivity index (χ3v) is 7.88. The average Bonchev–Trinajstić information content (AvgIpc) is 3.33. The average molecular weight is 527 g/mol. The van der Waals surface area contributed by atoms with Crippen LogP contribution in [0.5, 0.6) is 0 Å². The number of nitrogens with zero attached hydrogens (tertiary/aromatic N) is 3. The molecular weight excluding hydrogens is 488 g/mol. The summed E-state index contributed by atoms with van der Waals surface area (Å²) in [5, 5.41) is 12.5. The Labute approximate surface area is 229 Å². The number of hydrogen-bond donors (Lipinski definition) is 2. The Morgan fingerprint density at radius 1 is 1.10 bits per heavy atom. The van der Waals surface area contributed by atoms with Gasteiger partial charge in [0.2, 0.25) is 5.91 Å². The quantitative estimate of drug-likeness (QED) is 0.300. The van der Waals surface area contributed by atoms with Crippen LogP contribution in [0.4, 0.5) is 4.79 Å². The Kier molecular flexibility index (Phi) is 7.34. The second-order valence-corrected chi connectivity index (χ2v) is 11.8. The number of aromatic nitrogens is 2. The van der Waals surface area contributed by atoms with Gasteiger partial charge >= 0.3 is 6.09 Å². The van der Waals surface area contributed by atoms with Crippen molar-refractivity contribution in [3.63, 3.8) is 0 Å². The number of aromatic amines is 1. The largest absolute Gasteiger partial charge is 0.465 e. The molecule has 0 saturated carbocycles. The van der Waals surface area contributed by atoms with Crippen LogP contribution in [0.25, 0.3) is 21.8 Å². The highest BCUT2D eigenvalue weighted by atomic mass is 16.4. The topological polar surface area (TPSA) is 89.5 Å². The van der Waals surface area contributed by atoms with E-state index in [1.165, 1.54) is 4.90 Å². The van der Waals surface area contributed by atoms with Crippen LogP contribution in [0.15, 0.2) is 60.7 Å². The minimum atomic E-state index is -1.00. The van der Waals surface area contributed by atoms with Crippen molar-refractivity contribution in [1.29, 1.82) is 0 Å². The maximum absolute atomic E-state index is 13.7. The predicted octanol–water partition coefficient (Wildman–Crippen LogP) is 6.51. The van der Waals surface area contributed by atoms with Gasteiger partial charge < -0.3 is 15.0 Å². The van der Waals surface area contributed by atoms with E-state index in [0.29, 0.717) is 19.5 Å². The normalized spacial score (nSPS) is 16.9. The maximum Gasteiger partial charge on any atom is 0.408 e. The summed E-state index contributed by atoms with van der Waals surface area (Å²) in [5.41, 5.74) is 3.51. The zero-order chi connectivity index (χ0) is 27.7. The fourth-order valence-electron chi connectivity index (χ4n) is 6.03. The lowest BCUT2D eigenvalue weighted by Crippen LogP contribution is -2.54. The third-order valence-electron chi connectivity index (χ3n) is 7.88. The fraction of sp³-hybridized carbons (Fsp3) is 0.406. The molecule has 0 radical (unpaired) electrons. The van der Waals surface area contributed by atoms with Gasteiger partial charge in [0.1, 0.15) is 5.82 Å². The van der Waals surface area contributed by atoms with Gasteiger partial charge in [0.05, 0.1) is 11.0 Å². The van der Waals surface area contributed by atoms with Crippen LogP contribution in [-0.2, 0) is 11.2 Å². The van der Waals surface area contributed by atoms with E-state index in [4.69, 9.17) is 4.98 Å². The molecule has 1 aromatic heterocycles. The molecule has 3 aromatic carbocycles. The smallest absolute Gasteiger partial charge is 0.408 e. The molecule has 1 fully saturated rings. The molecule has 7 heteroatoms. The number of imidazole rings is 1. The van der Waals surface area contributed by atoms with Crippen LogP contribution in [0.3, 0.4) is 0 Å². The lowest BCUT2D eigenvalue weighted by Gasteiger charge is -2.41. The minimum absolute atomic E-state index is 0.00622. The molecule has 39 heavy (non-hydrogen) atoms. The van der Waals surface area contributed by atoms with Crippen molar-refractivity contribution in [2.75, 3.05) is 13.1 Å². The van der Waals surface area contributed by atoms with Crippen LogP contribution in [-0.4, -0.2) is 61.5 Å². The number of para-hydroxylation sites is 1. The molecule has 5 rings (SSSR count). The summed E-state index contributed by atoms with van der Waals surface area (Å²) in [6.07, 6.45) is 1.47. The Morgan fingerprint density at radius 3 is 2.59 bits per heavy atom. The molecule has 0 spiro atoms. The number of rotatable bonds is 6. The maximum atomic E-state index is 13.7. The van der Waals surface area contributed by atoms with E-state index in [-0.39, 0.29) is 18.2 Å². The number of aryl methyl sites for hydroxylation is 1. The molecule has 2 amide bonds. The molecule has 204 valence electrons. The summed E-state index contributed by atoms with van der Waals surface area (Å²) in [4.78, 5) is 37.9. The van der Waals surface area contributed by atoms with Gasteiger partial charge in [0, 0.05) is 37.0 Å². The first-order chi connectivity index (χ1) is 18.6. The van der Waals surface area contributed by atoms with Gasteiger partial charge in [-0.2, -0.15) is 0 Å². The van der Waals surface area contributed by atoms with Crippen molar-refractivity contribution in [2.45, 2.75) is 70.9 Å². The van der Waals surface area contributed by atoms with Gasteiger partial charge in [-0.05, 0) is 74.9 Å². The van der Waals surface area contributed by atoms with Crippen molar-refractivity contribution in [2.24, 2.45) is 0 Å². The van der Waals surface area contributed by atoms with Crippen molar-refractivity contribution >= 4 is 33.8 Å². The first kappa shape index (κ1) is 26.7. The summed E-state index contributed by atoms with van der Waals surface area (Å²) in [6, 6.07) is 20.0. The van der Waals surface area contributed by atoms with Gasteiger partial charge in [-0.15, -0.1) is 0 Å². The monoisotopic (exact) mass is 526 g/mol. The number of carboxylic acid groups (broad SMARTS) is 1. The summed E-state index contributed by atoms with van der Waals surface area (Å²) in [7, 11) is 0. The van der Waals surface area contributed by atoms with E-state index in [9.17, 15) is 14.7 Å². The number of amides is 2. The summed E-state index contributed by atoms with van der Waals surface area (Å²) in [6.45, 7) is 8.99. The van der Waals surface area contributed by atoms with E-state index in [1.54, 1.807) is 0 Å². The predicted molar refractivity (Wildman–Crippen MR) is 155 cm³/mol. The first-order valence-corrected chi connectivity index (χ1v) is 13.8. The van der Waals surface area contributed by atoms with Crippen molar-refractivity contribution in [3.05, 3.63) is 77.6 Å². The van der Waals surface area contributed by atoms with E-state index >= 15 is 0 Å². The molecular formula is C32H38N4O3. The van der Waals surface area contributed by atoms with Gasteiger partial charge in [-0.1, -0.05) is 54.6 Å². The number of H-pyrrole nitrogens is 1. The molecule has 0 unspecified atom stereocenters. The van der Waals surface area contributed by atoms with Crippen molar-refractivity contribution in [3.8, 4) is 0 Å². The lowest BCUT2D eigenvalue weighted by atomic mass is 9.93. The SMILES string of the molecule is Cc1cccc2[nH]c([C@@H]3CCCN(C(=O)C[C@@H](Cc4ccc5ccccc5c4)N(C(=O)O)C(C)(C)C)C3)nc12. The number of piperidine rings is 1. The van der Waals surface area contributed by atoms with Crippen molar-refractivity contribution < 1.29 is 14.7 Å². The van der Waals surface area contributed by atoms with Crippen LogP contribution >= 0.6 is 0 Å². The second-order valence-electron chi connectivity index (χ2n) is 11.8. The number of nitrogens with one attached hydrogen (secondary N) is 1. The molecule has 0 bridgehead atoms. The van der Waals surface area contributed by atoms with E-state index in [1.807, 2.05) is 56.0 Å². The highest BCUT2D eigenvalue weighted by molar-refractivity contribution is 5.83. The zero-order valence-electron chi connectivity index (χ0n) is 23.3. The van der Waals surface area contributed by atoms with Crippen LogP contribution in [0, 0.1) is 6.92 Å². The first-order valence-electron chi connectivity index (χ1n) is 13.8. The number of likely N-dealkylation sites (tertiary alicyclic amines) is 1. The van der Waals surface area contributed by atoms with Gasteiger partial charge in [-0.25, -0.2) is 9.78 Å². The van der Waals surface area contributed by atoms with E-state index in [0.717, 1.165) is 51.6 Å². The van der Waals surface area contributed by atoms with Gasteiger partial charge in [0.15, 0.2) is 0 Å². The molecule has 2 N–H and O–H groups in total. The molecule has 2 atom stereocenters. The van der Waals surface area contributed by atoms with Gasteiger partial charge in [-0.3, -0.25) is 9.69 Å². The molecule has 1 saturated heterocycles. The second kappa shape index (κ2) is 10.7. The Balaban J connectivity index is 1.37. The Morgan fingerprint density at radius 2 is 1.87 bits per heavy atom. The van der Waals surface area contributed by atoms with Gasteiger partial charge in [0.25, 0.3) is 0 Å². The summed E-state index contributed by atoms with van der Waals surface area (Å²) < 4.78 is 0. The van der Waals surface area contributed by atoms with Crippen LogP contribution in [0.2, 0.25) is 0 Å². The minimum Gasteiger partial charge on any atom is -0.465 e. The number of carbonyl (C=O) groups excluding carboxylic acids is 1. The van der Waals surface area contributed by atoms with E-state index in [2.05, 4.69) is 42.2 Å². The van der Waals surface area contributed by atoms with E-state index < -0.39 is 17.7 Å². The van der Waals surface area contributed by atoms with Crippen LogP contribution < -0.4 is 0 Å². The molecule has 2 heterocycles. The molecule has 7 nitrogen and oxygen atoms in total. The van der Waals surface area contributed by atoms with Crippen LogP contribution in [0.1, 0.15) is 62.9 Å².